The lowest BCUT2D eigenvalue weighted by Crippen LogP contribution is -2.46. The molecule has 1 aliphatic heterocycles. The number of piperazine rings is 1. The van der Waals surface area contributed by atoms with E-state index in [9.17, 15) is 11.7 Å². The molecule has 4 nitrogen and oxygen atoms in total. The van der Waals surface area contributed by atoms with Gasteiger partial charge in [-0.2, -0.15) is 0 Å². The molecule has 8 heteroatoms. The molecule has 230 valence electrons. The van der Waals surface area contributed by atoms with Crippen molar-refractivity contribution in [2.75, 3.05) is 43.8 Å². The second kappa shape index (κ2) is 14.1. The van der Waals surface area contributed by atoms with E-state index < -0.39 is 16.1 Å². The molecule has 2 aliphatic rings. The van der Waals surface area contributed by atoms with Crippen molar-refractivity contribution in [3.63, 3.8) is 0 Å². The van der Waals surface area contributed by atoms with Crippen LogP contribution in [0.15, 0.2) is 71.8 Å². The average Bonchev–Trinajstić information content (AvgIpc) is 2.97. The number of nitrogens with zero attached hydrogens (tertiary/aromatic N) is 2. The Hall–Kier alpha value is -2.84. The van der Waals surface area contributed by atoms with Gasteiger partial charge in [-0.05, 0) is 106 Å². The molecule has 0 unspecified atom stereocenters. The first-order valence-electron chi connectivity index (χ1n) is 15.1. The van der Waals surface area contributed by atoms with Crippen LogP contribution in [0.2, 0.25) is 0 Å². The van der Waals surface area contributed by atoms with Gasteiger partial charge in [0, 0.05) is 50.2 Å². The number of rotatable bonds is 11. The van der Waals surface area contributed by atoms with Crippen molar-refractivity contribution in [3.8, 4) is 0 Å². The summed E-state index contributed by atoms with van der Waals surface area (Å²) in [6.07, 6.45) is 8.24. The minimum Gasteiger partial charge on any atom is -0.398 e. The van der Waals surface area contributed by atoms with Crippen LogP contribution in [0.25, 0.3) is 5.57 Å². The fraction of sp³-hybridized carbons (Fsp3) is 0.471. The predicted octanol–water partition coefficient (Wildman–Crippen LogP) is 9.24. The Balaban J connectivity index is 1.19. The molecule has 1 saturated heterocycles. The van der Waals surface area contributed by atoms with Crippen LogP contribution in [0, 0.1) is 19.8 Å². The third-order valence-corrected chi connectivity index (χ3v) is 9.91. The van der Waals surface area contributed by atoms with E-state index in [1.165, 1.54) is 45.7 Å². The van der Waals surface area contributed by atoms with Gasteiger partial charge in [-0.15, -0.1) is 11.7 Å². The number of halogens is 3. The highest BCUT2D eigenvalue weighted by Crippen LogP contribution is 2.62. The van der Waals surface area contributed by atoms with Gasteiger partial charge >= 0.3 is 0 Å². The smallest absolute Gasteiger partial charge is 0.239 e. The molecule has 42 heavy (non-hydrogen) atoms. The number of nitrogens with one attached hydrogen (secondary N) is 1. The van der Waals surface area contributed by atoms with Gasteiger partial charge in [0.25, 0.3) is 0 Å². The fourth-order valence-electron chi connectivity index (χ4n) is 6.30. The van der Waals surface area contributed by atoms with E-state index in [-0.39, 0.29) is 11.7 Å². The molecule has 0 radical (unpaired) electrons. The van der Waals surface area contributed by atoms with E-state index in [2.05, 4.69) is 67.2 Å². The van der Waals surface area contributed by atoms with E-state index in [4.69, 9.17) is 5.73 Å². The zero-order valence-corrected chi connectivity index (χ0v) is 26.2. The summed E-state index contributed by atoms with van der Waals surface area (Å²) >= 11 is -5.34. The van der Waals surface area contributed by atoms with Crippen molar-refractivity contribution in [1.82, 2.24) is 9.80 Å². The number of allylic oxidation sites excluding steroid dienone is 2. The Morgan fingerprint density at radius 1 is 1.02 bits per heavy atom. The summed E-state index contributed by atoms with van der Waals surface area (Å²) in [4.78, 5) is 4.27. The molecule has 2 aromatic carbocycles. The summed E-state index contributed by atoms with van der Waals surface area (Å²) in [7, 11) is 0. The Bertz CT molecular complexity index is 1290. The molecule has 1 heterocycles. The maximum atomic E-state index is 13.3. The van der Waals surface area contributed by atoms with Gasteiger partial charge in [-0.1, -0.05) is 43.0 Å². The van der Waals surface area contributed by atoms with E-state index in [1.54, 1.807) is 6.07 Å². The highest BCUT2D eigenvalue weighted by Gasteiger charge is 2.28. The van der Waals surface area contributed by atoms with Gasteiger partial charge in [0.05, 0.1) is 5.69 Å². The second-order valence-corrected chi connectivity index (χ2v) is 13.3. The number of anilines is 2. The van der Waals surface area contributed by atoms with Gasteiger partial charge in [-0.3, -0.25) is 4.90 Å². The maximum Gasteiger partial charge on any atom is 0.239 e. The van der Waals surface area contributed by atoms with Crippen LogP contribution in [0.1, 0.15) is 62.1 Å². The van der Waals surface area contributed by atoms with Crippen molar-refractivity contribution in [2.24, 2.45) is 5.92 Å². The number of hydrogen-bond donors (Lipinski definition) is 2. The lowest BCUT2D eigenvalue weighted by Gasteiger charge is -2.38. The largest absolute Gasteiger partial charge is 0.398 e. The van der Waals surface area contributed by atoms with Gasteiger partial charge in [0.2, 0.25) is 11.2 Å². The second-order valence-electron chi connectivity index (χ2n) is 12.1. The summed E-state index contributed by atoms with van der Waals surface area (Å²) in [6, 6.07) is 11.0. The minimum atomic E-state index is -5.34. The molecule has 0 spiro atoms. The van der Waals surface area contributed by atoms with Crippen molar-refractivity contribution in [3.05, 3.63) is 83.6 Å². The van der Waals surface area contributed by atoms with Crippen LogP contribution < -0.4 is 11.1 Å². The molecule has 3 N–H and O–H groups in total. The minimum absolute atomic E-state index is 0.199. The molecular formula is C34H47F3N4S. The fourth-order valence-corrected chi connectivity index (χ4v) is 6.89. The molecule has 0 bridgehead atoms. The van der Waals surface area contributed by atoms with Crippen molar-refractivity contribution < 1.29 is 11.7 Å². The Labute approximate surface area is 252 Å². The number of benzene rings is 2. The van der Waals surface area contributed by atoms with Crippen LogP contribution >= 0.6 is 11.2 Å². The quantitative estimate of drug-likeness (QED) is 0.199. The molecule has 1 saturated carbocycles. The van der Waals surface area contributed by atoms with E-state index in [0.29, 0.717) is 11.6 Å². The SMILES string of the molecule is C=C/C(CN1CCN(C(=C)CCC2CCC(Nc3ccc(N)c(S(F)(F)F)c3)CC2)CC1)=C(/C)c1cc(C)ccc1C. The monoisotopic (exact) mass is 600 g/mol. The number of hydrogen-bond acceptors (Lipinski definition) is 4. The Morgan fingerprint density at radius 2 is 1.71 bits per heavy atom. The van der Waals surface area contributed by atoms with Crippen LogP contribution in [-0.2, 0) is 0 Å². The first kappa shape index (κ1) is 32.1. The molecular weight excluding hydrogens is 553 g/mol. The molecule has 0 atom stereocenters. The normalized spacial score (nSPS) is 21.0. The zero-order chi connectivity index (χ0) is 30.4. The van der Waals surface area contributed by atoms with E-state index >= 15 is 0 Å². The summed E-state index contributed by atoms with van der Waals surface area (Å²) < 4.78 is 39.9. The number of nitrogens with two attached hydrogens (primary N) is 1. The predicted molar refractivity (Wildman–Crippen MR) is 174 cm³/mol. The topological polar surface area (TPSA) is 44.5 Å². The summed E-state index contributed by atoms with van der Waals surface area (Å²) in [5.74, 6) is 0.635. The van der Waals surface area contributed by atoms with Crippen molar-refractivity contribution in [1.29, 1.82) is 0 Å². The summed E-state index contributed by atoms with van der Waals surface area (Å²) in [6.45, 7) is 20.0. The number of aryl methyl sites for hydroxylation is 2. The molecule has 0 aromatic heterocycles. The molecule has 2 aromatic rings. The van der Waals surface area contributed by atoms with Crippen LogP contribution in [0.5, 0.6) is 0 Å². The third kappa shape index (κ3) is 8.38. The van der Waals surface area contributed by atoms with Gasteiger partial charge in [0.1, 0.15) is 4.90 Å². The standard InChI is InChI=1S/C34H47F3N4S/c1-6-29(27(5)32-21-24(2)7-8-25(32)3)23-40-17-19-41(20-18-40)26(4)9-10-28-11-13-30(14-12-28)39-31-15-16-33(38)34(22-31)42(35,36)37/h6-8,15-16,21-22,28,30,39H,1,4,9-14,17-20,23,38H2,2-3,5H3/b29-27+. The lowest BCUT2D eigenvalue weighted by molar-refractivity contribution is 0.164. The molecule has 1 aliphatic carbocycles. The van der Waals surface area contributed by atoms with Crippen molar-refractivity contribution in [2.45, 2.75) is 70.2 Å². The van der Waals surface area contributed by atoms with Crippen LogP contribution in [-0.4, -0.2) is 48.6 Å². The Kier molecular flexibility index (Phi) is 10.8. The van der Waals surface area contributed by atoms with Gasteiger partial charge in [0.15, 0.2) is 0 Å². The highest BCUT2D eigenvalue weighted by molar-refractivity contribution is 8.21. The average molecular weight is 601 g/mol. The van der Waals surface area contributed by atoms with Gasteiger partial charge in [-0.25, -0.2) is 0 Å². The van der Waals surface area contributed by atoms with Crippen molar-refractivity contribution >= 4 is 28.1 Å². The third-order valence-electron chi connectivity index (χ3n) is 9.06. The highest BCUT2D eigenvalue weighted by atomic mass is 32.3. The lowest BCUT2D eigenvalue weighted by atomic mass is 9.83. The molecule has 0 amide bonds. The van der Waals surface area contributed by atoms with Crippen LogP contribution in [0.3, 0.4) is 0 Å². The van der Waals surface area contributed by atoms with E-state index in [0.717, 1.165) is 71.2 Å². The zero-order valence-electron chi connectivity index (χ0n) is 25.4. The maximum absolute atomic E-state index is 13.3. The van der Waals surface area contributed by atoms with Crippen LogP contribution in [0.4, 0.5) is 23.0 Å². The molecule has 4 rings (SSSR count). The number of nitrogen functional groups attached to an aromatic ring is 1. The van der Waals surface area contributed by atoms with Gasteiger partial charge < -0.3 is 16.0 Å². The Morgan fingerprint density at radius 3 is 2.36 bits per heavy atom. The summed E-state index contributed by atoms with van der Waals surface area (Å²) in [5, 5.41) is 3.32. The first-order chi connectivity index (χ1) is 19.9. The summed E-state index contributed by atoms with van der Waals surface area (Å²) in [5.41, 5.74) is 13.6. The molecule has 2 fully saturated rings. The van der Waals surface area contributed by atoms with E-state index in [1.807, 2.05) is 6.08 Å². The first-order valence-corrected chi connectivity index (χ1v) is 16.4.